The van der Waals surface area contributed by atoms with Gasteiger partial charge in [-0.2, -0.15) is 0 Å². The van der Waals surface area contributed by atoms with Crippen molar-refractivity contribution in [3.63, 3.8) is 0 Å². The largest absolute Gasteiger partial charge is 0.357 e. The predicted molar refractivity (Wildman–Crippen MR) is 87.3 cm³/mol. The molecule has 0 spiro atoms. The first-order chi connectivity index (χ1) is 8.88. The van der Waals surface area contributed by atoms with E-state index in [0.717, 1.165) is 13.1 Å². The lowest BCUT2D eigenvalue weighted by Gasteiger charge is -2.13. The van der Waals surface area contributed by atoms with Crippen LogP contribution in [0.25, 0.3) is 10.9 Å². The average Bonchev–Trinajstić information content (AvgIpc) is 2.95. The third-order valence-electron chi connectivity index (χ3n) is 3.49. The Kier molecular flexibility index (Phi) is 5.06. The first kappa shape index (κ1) is 13.9. The summed E-state index contributed by atoms with van der Waals surface area (Å²) in [5.74, 6) is 0. The third kappa shape index (κ3) is 2.72. The van der Waals surface area contributed by atoms with E-state index in [0.29, 0.717) is 0 Å². The molecule has 0 fully saturated rings. The summed E-state index contributed by atoms with van der Waals surface area (Å²) in [5.41, 5.74) is 4.24. The van der Waals surface area contributed by atoms with Gasteiger partial charge in [-0.25, -0.2) is 0 Å². The van der Waals surface area contributed by atoms with Crippen LogP contribution in [0.15, 0.2) is 24.3 Å². The fourth-order valence-corrected chi connectivity index (χ4v) is 2.61. The van der Waals surface area contributed by atoms with Crippen LogP contribution < -0.4 is 0 Å². The number of para-hydroxylation sites is 1. The lowest BCUT2D eigenvalue weighted by atomic mass is 10.1. The molecule has 1 aliphatic heterocycles. The molecule has 98 valence electrons. The minimum absolute atomic E-state index is 1.10. The summed E-state index contributed by atoms with van der Waals surface area (Å²) < 4.78 is 0. The minimum atomic E-state index is 1.10. The molecule has 0 atom stereocenters. The summed E-state index contributed by atoms with van der Waals surface area (Å²) >= 11 is 2.15. The zero-order chi connectivity index (χ0) is 13.0. The Morgan fingerprint density at radius 1 is 1.22 bits per heavy atom. The topological polar surface area (TPSA) is 19.0 Å². The number of rotatable bonds is 3. The van der Waals surface area contributed by atoms with E-state index >= 15 is 0 Å². The molecule has 2 heterocycles. The minimum Gasteiger partial charge on any atom is -0.357 e. The van der Waals surface area contributed by atoms with Crippen LogP contribution in [0.5, 0.6) is 0 Å². The second kappa shape index (κ2) is 6.57. The number of unbranched alkanes of at least 4 members (excludes halogenated alkanes) is 1. The van der Waals surface area contributed by atoms with Crippen molar-refractivity contribution in [3.05, 3.63) is 35.5 Å². The number of halogens is 1. The smallest absolute Gasteiger partial charge is 0.0459 e. The first-order valence-corrected chi connectivity index (χ1v) is 8.73. The van der Waals surface area contributed by atoms with Crippen LogP contribution in [0.4, 0.5) is 0 Å². The molecule has 0 amide bonds. The van der Waals surface area contributed by atoms with E-state index in [1.807, 2.05) is 4.93 Å². The summed E-state index contributed by atoms with van der Waals surface area (Å²) in [7, 11) is 0. The Labute approximate surface area is 123 Å². The fraction of sp³-hybridized carbons (Fsp3) is 0.467. The molecule has 1 aliphatic rings. The molecule has 1 N–H and O–H groups in total. The molecule has 0 unspecified atom stereocenters. The van der Waals surface area contributed by atoms with E-state index in [1.54, 1.807) is 0 Å². The predicted octanol–water partition coefficient (Wildman–Crippen LogP) is 4.33. The van der Waals surface area contributed by atoms with Gasteiger partial charge in [0.05, 0.1) is 0 Å². The second-order valence-corrected chi connectivity index (χ2v) is 4.69. The number of alkyl halides is 1. The Morgan fingerprint density at radius 3 is 2.78 bits per heavy atom. The first-order valence-electron chi connectivity index (χ1n) is 6.57. The van der Waals surface area contributed by atoms with Gasteiger partial charge in [-0.05, 0) is 29.5 Å². The summed E-state index contributed by atoms with van der Waals surface area (Å²) in [5, 5.41) is 1.41. The van der Waals surface area contributed by atoms with E-state index < -0.39 is 0 Å². The van der Waals surface area contributed by atoms with E-state index in [-0.39, 0.29) is 0 Å². The van der Waals surface area contributed by atoms with Crippen LogP contribution in [0.1, 0.15) is 31.0 Å². The molecule has 0 bridgehead atoms. The van der Waals surface area contributed by atoms with Gasteiger partial charge < -0.3 is 4.98 Å². The Morgan fingerprint density at radius 2 is 2.00 bits per heavy atom. The van der Waals surface area contributed by atoms with E-state index in [9.17, 15) is 0 Å². The number of aromatic amines is 1. The van der Waals surface area contributed by atoms with Crippen LogP contribution in [0.3, 0.4) is 0 Å². The van der Waals surface area contributed by atoms with Gasteiger partial charge in [0.1, 0.15) is 0 Å². The number of H-pyrrole nitrogens is 1. The normalized spacial score (nSPS) is 14.4. The highest BCUT2D eigenvalue weighted by Gasteiger charge is 2.22. The molecule has 0 radical (unpaired) electrons. The van der Waals surface area contributed by atoms with Gasteiger partial charge in [0.15, 0.2) is 0 Å². The van der Waals surface area contributed by atoms with Crippen molar-refractivity contribution >= 4 is 33.5 Å². The van der Waals surface area contributed by atoms with Gasteiger partial charge in [-0.1, -0.05) is 54.1 Å². The van der Waals surface area contributed by atoms with Crippen molar-refractivity contribution in [1.82, 2.24) is 9.88 Å². The zero-order valence-electron chi connectivity index (χ0n) is 11.2. The van der Waals surface area contributed by atoms with Gasteiger partial charge in [-0.15, -0.1) is 0 Å². The number of nitrogens with one attached hydrogen (secondary N) is 1. The summed E-state index contributed by atoms with van der Waals surface area (Å²) in [6.07, 6.45) is 2.59. The van der Waals surface area contributed by atoms with E-state index in [1.165, 1.54) is 41.5 Å². The standard InChI is InChI=1S/C14H18N2.CH3I/c1-2-3-8-16-9-12-11-6-4-5-7-13(11)15-14(12)10-16;1-2/h4-7,15H,2-3,8-10H2,1H3;1H3. The molecular formula is C15H21IN2. The van der Waals surface area contributed by atoms with Gasteiger partial charge in [0.2, 0.25) is 0 Å². The molecule has 3 rings (SSSR count). The number of fused-ring (bicyclic) bond motifs is 3. The summed E-state index contributed by atoms with van der Waals surface area (Å²) in [6.45, 7) is 5.71. The molecule has 0 saturated heterocycles. The van der Waals surface area contributed by atoms with Gasteiger partial charge in [0.25, 0.3) is 0 Å². The van der Waals surface area contributed by atoms with Crippen molar-refractivity contribution in [3.8, 4) is 0 Å². The molecule has 1 aromatic carbocycles. The highest BCUT2D eigenvalue weighted by Crippen LogP contribution is 2.30. The Bertz CT molecular complexity index is 504. The van der Waals surface area contributed by atoms with E-state index in [4.69, 9.17) is 0 Å². The molecule has 1 aromatic heterocycles. The van der Waals surface area contributed by atoms with Crippen LogP contribution in [-0.2, 0) is 13.1 Å². The van der Waals surface area contributed by atoms with Crippen LogP contribution in [0.2, 0.25) is 0 Å². The summed E-state index contributed by atoms with van der Waals surface area (Å²) in [6, 6.07) is 8.63. The van der Waals surface area contributed by atoms with Crippen molar-refractivity contribution in [2.24, 2.45) is 0 Å². The number of benzene rings is 1. The van der Waals surface area contributed by atoms with Crippen molar-refractivity contribution < 1.29 is 0 Å². The average molecular weight is 356 g/mol. The maximum absolute atomic E-state index is 3.54. The maximum atomic E-state index is 3.54. The van der Waals surface area contributed by atoms with Gasteiger partial charge >= 0.3 is 0 Å². The molecule has 18 heavy (non-hydrogen) atoms. The molecule has 0 aliphatic carbocycles. The van der Waals surface area contributed by atoms with Crippen LogP contribution in [0, 0.1) is 0 Å². The van der Waals surface area contributed by atoms with Crippen molar-refractivity contribution in [1.29, 1.82) is 0 Å². The number of nitrogens with zero attached hydrogens (tertiary/aromatic N) is 1. The molecule has 0 saturated carbocycles. The Hall–Kier alpha value is -0.550. The maximum Gasteiger partial charge on any atom is 0.0459 e. The lowest BCUT2D eigenvalue weighted by Crippen LogP contribution is -2.17. The van der Waals surface area contributed by atoms with Gasteiger partial charge in [-0.3, -0.25) is 4.90 Å². The second-order valence-electron chi connectivity index (χ2n) is 4.69. The highest BCUT2D eigenvalue weighted by atomic mass is 127. The van der Waals surface area contributed by atoms with Crippen molar-refractivity contribution in [2.75, 3.05) is 11.5 Å². The Balaban J connectivity index is 0.000000574. The number of hydrogen-bond donors (Lipinski definition) is 1. The molecular weight excluding hydrogens is 335 g/mol. The number of aromatic nitrogens is 1. The lowest BCUT2D eigenvalue weighted by molar-refractivity contribution is 0.278. The summed E-state index contributed by atoms with van der Waals surface area (Å²) in [4.78, 5) is 8.05. The highest BCUT2D eigenvalue weighted by molar-refractivity contribution is 14.1. The monoisotopic (exact) mass is 356 g/mol. The zero-order valence-corrected chi connectivity index (χ0v) is 13.3. The quantitative estimate of drug-likeness (QED) is 0.641. The van der Waals surface area contributed by atoms with E-state index in [2.05, 4.69) is 63.7 Å². The molecule has 2 nitrogen and oxygen atoms in total. The number of hydrogen-bond acceptors (Lipinski definition) is 1. The van der Waals surface area contributed by atoms with Gasteiger partial charge in [0, 0.05) is 29.7 Å². The van der Waals surface area contributed by atoms with Crippen LogP contribution >= 0.6 is 22.6 Å². The molecule has 3 heteroatoms. The van der Waals surface area contributed by atoms with Crippen LogP contribution in [-0.4, -0.2) is 21.4 Å². The molecule has 2 aromatic rings. The SMILES string of the molecule is CCCCN1Cc2[nH]c3ccccc3c2C1.CI. The third-order valence-corrected chi connectivity index (χ3v) is 3.49. The fourth-order valence-electron chi connectivity index (χ4n) is 2.61. The van der Waals surface area contributed by atoms with Crippen molar-refractivity contribution in [2.45, 2.75) is 32.9 Å².